The largest absolute Gasteiger partial charge is 0.347 e. The van der Waals surface area contributed by atoms with Gasteiger partial charge in [0, 0.05) is 24.2 Å². The molecule has 15 heavy (non-hydrogen) atoms. The highest BCUT2D eigenvalue weighted by Crippen LogP contribution is 2.47. The second kappa shape index (κ2) is 3.11. The van der Waals surface area contributed by atoms with Crippen LogP contribution in [-0.4, -0.2) is 11.1 Å². The first kappa shape index (κ1) is 8.98. The minimum atomic E-state index is 0.701. The van der Waals surface area contributed by atoms with Crippen LogP contribution in [0.4, 0.5) is 0 Å². The van der Waals surface area contributed by atoms with Gasteiger partial charge >= 0.3 is 0 Å². The number of benzene rings is 1. The van der Waals surface area contributed by atoms with E-state index in [4.69, 9.17) is 5.73 Å². The second-order valence-corrected chi connectivity index (χ2v) is 4.53. The molecule has 1 fully saturated rings. The summed E-state index contributed by atoms with van der Waals surface area (Å²) in [5, 5.41) is 1.35. The van der Waals surface area contributed by atoms with E-state index < -0.39 is 0 Å². The van der Waals surface area contributed by atoms with Gasteiger partial charge in [0.15, 0.2) is 0 Å². The van der Waals surface area contributed by atoms with Gasteiger partial charge in [0.2, 0.25) is 0 Å². The van der Waals surface area contributed by atoms with Crippen molar-refractivity contribution in [3.8, 4) is 0 Å². The monoisotopic (exact) mass is 200 g/mol. The number of hydrogen-bond donors (Lipinski definition) is 1. The fraction of sp³-hybridized carbons (Fsp3) is 0.385. The van der Waals surface area contributed by atoms with Crippen molar-refractivity contribution in [2.24, 2.45) is 18.7 Å². The van der Waals surface area contributed by atoms with E-state index in [0.29, 0.717) is 11.8 Å². The molecule has 0 aliphatic heterocycles. The van der Waals surface area contributed by atoms with Crippen LogP contribution in [0.2, 0.25) is 0 Å². The van der Waals surface area contributed by atoms with Gasteiger partial charge in [0.05, 0.1) is 0 Å². The molecule has 0 bridgehead atoms. The Kier molecular flexibility index (Phi) is 1.86. The average Bonchev–Trinajstić information content (AvgIpc) is 2.98. The van der Waals surface area contributed by atoms with Crippen LogP contribution in [0, 0.1) is 5.92 Å². The number of rotatable bonds is 2. The van der Waals surface area contributed by atoms with Crippen molar-refractivity contribution in [1.82, 2.24) is 4.57 Å². The first-order chi connectivity index (χ1) is 7.31. The van der Waals surface area contributed by atoms with Crippen LogP contribution < -0.4 is 5.73 Å². The molecule has 2 aromatic rings. The van der Waals surface area contributed by atoms with Crippen molar-refractivity contribution in [2.45, 2.75) is 12.3 Å². The van der Waals surface area contributed by atoms with Gasteiger partial charge in [-0.3, -0.25) is 0 Å². The normalized spacial score (nSPS) is 24.7. The summed E-state index contributed by atoms with van der Waals surface area (Å²) in [7, 11) is 2.16. The molecule has 0 saturated heterocycles. The summed E-state index contributed by atoms with van der Waals surface area (Å²) in [6, 6.07) is 10.9. The van der Waals surface area contributed by atoms with Gasteiger partial charge in [-0.05, 0) is 36.4 Å². The van der Waals surface area contributed by atoms with Gasteiger partial charge in [-0.2, -0.15) is 0 Å². The molecule has 78 valence electrons. The quantitative estimate of drug-likeness (QED) is 0.792. The van der Waals surface area contributed by atoms with Gasteiger partial charge in [0.25, 0.3) is 0 Å². The maximum absolute atomic E-state index is 5.70. The predicted molar refractivity (Wildman–Crippen MR) is 62.8 cm³/mol. The molecule has 1 heterocycles. The topological polar surface area (TPSA) is 30.9 Å². The van der Waals surface area contributed by atoms with Crippen molar-refractivity contribution in [3.63, 3.8) is 0 Å². The smallest absolute Gasteiger partial charge is 0.0479 e. The molecule has 2 nitrogen and oxygen atoms in total. The molecule has 3 rings (SSSR count). The highest BCUT2D eigenvalue weighted by molar-refractivity contribution is 5.81. The zero-order valence-electron chi connectivity index (χ0n) is 8.98. The third kappa shape index (κ3) is 1.29. The van der Waals surface area contributed by atoms with Crippen LogP contribution in [0.15, 0.2) is 30.3 Å². The van der Waals surface area contributed by atoms with Crippen molar-refractivity contribution in [2.75, 3.05) is 6.54 Å². The van der Waals surface area contributed by atoms with E-state index >= 15 is 0 Å². The lowest BCUT2D eigenvalue weighted by Crippen LogP contribution is -2.03. The van der Waals surface area contributed by atoms with Crippen LogP contribution in [0.5, 0.6) is 0 Å². The Balaban J connectivity index is 2.09. The molecular formula is C13H16N2. The highest BCUT2D eigenvalue weighted by atomic mass is 15.0. The molecule has 1 aromatic heterocycles. The third-order valence-electron chi connectivity index (χ3n) is 3.59. The van der Waals surface area contributed by atoms with E-state index in [0.717, 1.165) is 6.54 Å². The lowest BCUT2D eigenvalue weighted by Gasteiger charge is -2.02. The van der Waals surface area contributed by atoms with Crippen LogP contribution in [0.3, 0.4) is 0 Å². The van der Waals surface area contributed by atoms with Crippen LogP contribution in [-0.2, 0) is 7.05 Å². The molecule has 1 aromatic carbocycles. The standard InChI is InChI=1S/C13H16N2/c1-15-12-5-3-2-4-9(12)7-13(15)11-6-10(11)8-14/h2-5,7,10-11H,6,8,14H2,1H3/t10-,11+/m0/s1. The Morgan fingerprint density at radius 1 is 1.40 bits per heavy atom. The summed E-state index contributed by atoms with van der Waals surface area (Å²) in [5.74, 6) is 1.42. The maximum atomic E-state index is 5.70. The minimum Gasteiger partial charge on any atom is -0.347 e. The molecule has 2 atom stereocenters. The Labute approximate surface area is 89.7 Å². The van der Waals surface area contributed by atoms with E-state index in [1.54, 1.807) is 0 Å². The van der Waals surface area contributed by atoms with Crippen LogP contribution in [0.1, 0.15) is 18.0 Å². The summed E-state index contributed by atoms with van der Waals surface area (Å²) in [5.41, 5.74) is 8.48. The van der Waals surface area contributed by atoms with E-state index in [1.165, 1.54) is 23.0 Å². The number of hydrogen-bond acceptors (Lipinski definition) is 1. The molecule has 2 heteroatoms. The molecule has 2 N–H and O–H groups in total. The van der Waals surface area contributed by atoms with Crippen LogP contribution >= 0.6 is 0 Å². The molecule has 1 aliphatic carbocycles. The number of aryl methyl sites for hydroxylation is 1. The van der Waals surface area contributed by atoms with Gasteiger partial charge in [0.1, 0.15) is 0 Å². The first-order valence-electron chi connectivity index (χ1n) is 5.55. The van der Waals surface area contributed by atoms with E-state index in [1.807, 2.05) is 0 Å². The SMILES string of the molecule is Cn1c([C@@H]2C[C@H]2CN)cc2ccccc21. The Hall–Kier alpha value is -1.28. The average molecular weight is 200 g/mol. The van der Waals surface area contributed by atoms with Crippen molar-refractivity contribution in [3.05, 3.63) is 36.0 Å². The molecular weight excluding hydrogens is 184 g/mol. The van der Waals surface area contributed by atoms with Gasteiger partial charge in [-0.15, -0.1) is 0 Å². The molecule has 0 unspecified atom stereocenters. The number of fused-ring (bicyclic) bond motifs is 1. The summed E-state index contributed by atoms with van der Waals surface area (Å²) >= 11 is 0. The summed E-state index contributed by atoms with van der Waals surface area (Å²) in [6.45, 7) is 0.826. The summed E-state index contributed by atoms with van der Waals surface area (Å²) in [4.78, 5) is 0. The second-order valence-electron chi connectivity index (χ2n) is 4.53. The van der Waals surface area contributed by atoms with Crippen LogP contribution in [0.25, 0.3) is 10.9 Å². The predicted octanol–water partition coefficient (Wildman–Crippen LogP) is 2.24. The number of nitrogens with zero attached hydrogens (tertiary/aromatic N) is 1. The number of para-hydroxylation sites is 1. The lowest BCUT2D eigenvalue weighted by atomic mass is 10.2. The van der Waals surface area contributed by atoms with E-state index in [2.05, 4.69) is 41.9 Å². The molecule has 1 saturated carbocycles. The fourth-order valence-corrected chi connectivity index (χ4v) is 2.54. The maximum Gasteiger partial charge on any atom is 0.0479 e. The first-order valence-corrected chi connectivity index (χ1v) is 5.55. The fourth-order valence-electron chi connectivity index (χ4n) is 2.54. The van der Waals surface area contributed by atoms with E-state index in [-0.39, 0.29) is 0 Å². The summed E-state index contributed by atoms with van der Waals surface area (Å²) in [6.07, 6.45) is 1.26. The number of nitrogens with two attached hydrogens (primary N) is 1. The molecule has 0 radical (unpaired) electrons. The van der Waals surface area contributed by atoms with Crippen molar-refractivity contribution in [1.29, 1.82) is 0 Å². The zero-order chi connectivity index (χ0) is 10.4. The Bertz CT molecular complexity index is 498. The molecule has 1 aliphatic rings. The molecule has 0 amide bonds. The van der Waals surface area contributed by atoms with Gasteiger partial charge < -0.3 is 10.3 Å². The Morgan fingerprint density at radius 3 is 2.87 bits per heavy atom. The zero-order valence-corrected chi connectivity index (χ0v) is 8.98. The van der Waals surface area contributed by atoms with Gasteiger partial charge in [-0.1, -0.05) is 18.2 Å². The van der Waals surface area contributed by atoms with Gasteiger partial charge in [-0.25, -0.2) is 0 Å². The minimum absolute atomic E-state index is 0.701. The van der Waals surface area contributed by atoms with E-state index in [9.17, 15) is 0 Å². The molecule has 0 spiro atoms. The Morgan fingerprint density at radius 2 is 2.20 bits per heavy atom. The number of aromatic nitrogens is 1. The highest BCUT2D eigenvalue weighted by Gasteiger charge is 2.38. The summed E-state index contributed by atoms with van der Waals surface area (Å²) < 4.78 is 2.32. The lowest BCUT2D eigenvalue weighted by molar-refractivity contribution is 0.766. The van der Waals surface area contributed by atoms with Crippen molar-refractivity contribution < 1.29 is 0 Å². The third-order valence-corrected chi connectivity index (χ3v) is 3.59. The van der Waals surface area contributed by atoms with Crippen molar-refractivity contribution >= 4 is 10.9 Å².